The van der Waals surface area contributed by atoms with Gasteiger partial charge >= 0.3 is 0 Å². The zero-order valence-electron chi connectivity index (χ0n) is 20.6. The van der Waals surface area contributed by atoms with Crippen molar-refractivity contribution in [1.82, 2.24) is 34.4 Å². The molecule has 0 radical (unpaired) electrons. The van der Waals surface area contributed by atoms with Gasteiger partial charge in [0.1, 0.15) is 11.9 Å². The molecule has 1 aliphatic carbocycles. The van der Waals surface area contributed by atoms with Gasteiger partial charge in [0, 0.05) is 36.7 Å². The Morgan fingerprint density at radius 1 is 1.23 bits per heavy atom. The third kappa shape index (κ3) is 4.42. The first-order valence-corrected chi connectivity index (χ1v) is 14.5. The van der Waals surface area contributed by atoms with E-state index in [0.717, 1.165) is 5.69 Å². The van der Waals surface area contributed by atoms with Crippen molar-refractivity contribution in [3.05, 3.63) is 35.2 Å². The second-order valence-corrected chi connectivity index (χ2v) is 12.4. The van der Waals surface area contributed by atoms with E-state index in [1.807, 2.05) is 6.07 Å². The summed E-state index contributed by atoms with van der Waals surface area (Å²) in [5.41, 5.74) is 0.397. The molecular formula is C24H22F2N8O3S2. The average Bonchev–Trinajstić information content (AvgIpc) is 3.36. The van der Waals surface area contributed by atoms with E-state index in [4.69, 9.17) is 0 Å². The quantitative estimate of drug-likeness (QED) is 0.370. The fourth-order valence-corrected chi connectivity index (χ4v) is 7.17. The van der Waals surface area contributed by atoms with Crippen LogP contribution in [0.5, 0.6) is 0 Å². The number of hydrogen-bond acceptors (Lipinski definition) is 9. The van der Waals surface area contributed by atoms with Gasteiger partial charge < -0.3 is 4.90 Å². The number of likely N-dealkylation sites (tertiary alicyclic amines) is 1. The summed E-state index contributed by atoms with van der Waals surface area (Å²) in [6.07, 6.45) is 0.782. The van der Waals surface area contributed by atoms with Gasteiger partial charge in [-0.2, -0.15) is 9.98 Å². The van der Waals surface area contributed by atoms with Gasteiger partial charge in [-0.05, 0) is 37.8 Å². The molecule has 1 aromatic carbocycles. The second-order valence-electron chi connectivity index (χ2n) is 9.78. The maximum Gasteiger partial charge on any atom is 0.291 e. The first-order valence-electron chi connectivity index (χ1n) is 12.2. The predicted octanol–water partition coefficient (Wildman–Crippen LogP) is 3.42. The van der Waals surface area contributed by atoms with Gasteiger partial charge in [-0.25, -0.2) is 27.2 Å². The minimum atomic E-state index is -4.06. The summed E-state index contributed by atoms with van der Waals surface area (Å²) in [6.45, 7) is 2.69. The van der Waals surface area contributed by atoms with Crippen molar-refractivity contribution in [2.45, 2.75) is 55.4 Å². The number of benzene rings is 1. The van der Waals surface area contributed by atoms with E-state index in [1.165, 1.54) is 30.0 Å². The number of amides is 1. The van der Waals surface area contributed by atoms with E-state index in [9.17, 15) is 27.3 Å². The number of nitriles is 1. The lowest BCUT2D eigenvalue weighted by molar-refractivity contribution is -0.129. The van der Waals surface area contributed by atoms with E-state index < -0.39 is 27.0 Å². The van der Waals surface area contributed by atoms with Crippen LogP contribution >= 0.6 is 11.3 Å². The molecule has 202 valence electrons. The maximum absolute atomic E-state index is 13.4. The Hall–Kier alpha value is -3.61. The molecule has 1 N–H and O–H groups in total. The monoisotopic (exact) mass is 572 g/mol. The molecule has 15 heteroatoms. The Morgan fingerprint density at radius 2 is 1.97 bits per heavy atom. The lowest BCUT2D eigenvalue weighted by atomic mass is 9.91. The van der Waals surface area contributed by atoms with E-state index >= 15 is 0 Å². The van der Waals surface area contributed by atoms with E-state index in [-0.39, 0.29) is 21.9 Å². The van der Waals surface area contributed by atoms with Gasteiger partial charge in [0.25, 0.3) is 6.43 Å². The van der Waals surface area contributed by atoms with E-state index in [0.29, 0.717) is 72.0 Å². The topological polar surface area (TPSA) is 147 Å². The first-order chi connectivity index (χ1) is 18.6. The van der Waals surface area contributed by atoms with Crippen LogP contribution in [-0.4, -0.2) is 62.6 Å². The summed E-state index contributed by atoms with van der Waals surface area (Å²) < 4.78 is 57.2. The third-order valence-electron chi connectivity index (χ3n) is 7.29. The molecule has 11 nitrogen and oxygen atoms in total. The molecule has 1 saturated heterocycles. The molecule has 1 aliphatic heterocycles. The molecule has 0 atom stereocenters. The lowest BCUT2D eigenvalue weighted by Crippen LogP contribution is -2.36. The van der Waals surface area contributed by atoms with Gasteiger partial charge in [0.05, 0.1) is 22.2 Å². The van der Waals surface area contributed by atoms with Crippen LogP contribution in [0.15, 0.2) is 29.4 Å². The molecule has 6 rings (SSSR count). The van der Waals surface area contributed by atoms with Crippen LogP contribution in [0.2, 0.25) is 0 Å². The van der Waals surface area contributed by atoms with Crippen molar-refractivity contribution in [3.8, 4) is 11.2 Å². The highest BCUT2D eigenvalue weighted by molar-refractivity contribution is 7.89. The van der Waals surface area contributed by atoms with Gasteiger partial charge in [-0.1, -0.05) is 17.4 Å². The zero-order valence-corrected chi connectivity index (χ0v) is 22.3. The Labute approximate surface area is 225 Å². The highest BCUT2D eigenvalue weighted by Gasteiger charge is 2.47. The molecule has 39 heavy (non-hydrogen) atoms. The molecule has 0 spiro atoms. The van der Waals surface area contributed by atoms with Gasteiger partial charge in [-0.3, -0.25) is 9.36 Å². The lowest BCUT2D eigenvalue weighted by Gasteiger charge is -2.31. The molecule has 3 aromatic heterocycles. The number of fused-ring (bicyclic) bond motifs is 3. The number of aromatic nitrogens is 5. The maximum atomic E-state index is 13.4. The predicted molar refractivity (Wildman–Crippen MR) is 137 cm³/mol. The van der Waals surface area contributed by atoms with Crippen molar-refractivity contribution >= 4 is 49.2 Å². The number of sulfonamides is 1. The Balaban J connectivity index is 1.54. The zero-order chi connectivity index (χ0) is 27.5. The van der Waals surface area contributed by atoms with Crippen molar-refractivity contribution in [3.63, 3.8) is 0 Å². The standard InChI is InChI=1S/C24H22F2N8O3S2/c1-13(35)33-8-4-14(5-9-33)19-18-16-3-2-15(39(36,37)32-24(11-27)6-7-24)10-17(16)34(21(18)29-12-28-19)23-31-30-22(38-23)20(25)26/h2-3,10,12,14,20,32H,4-9H2,1H3. The number of nitrogens with zero attached hydrogens (tertiary/aromatic N) is 7. The van der Waals surface area contributed by atoms with Crippen LogP contribution in [0.1, 0.15) is 55.7 Å². The molecular weight excluding hydrogens is 550 g/mol. The number of carbonyl (C=O) groups excluding carboxylic acids is 1. The van der Waals surface area contributed by atoms with Crippen LogP contribution in [0, 0.1) is 11.3 Å². The molecule has 1 saturated carbocycles. The van der Waals surface area contributed by atoms with Gasteiger partial charge in [-0.15, -0.1) is 10.2 Å². The number of piperidine rings is 1. The number of rotatable bonds is 6. The van der Waals surface area contributed by atoms with Crippen LogP contribution in [0.4, 0.5) is 8.78 Å². The fourth-order valence-electron chi connectivity index (χ4n) is 5.06. The molecule has 0 bridgehead atoms. The third-order valence-corrected chi connectivity index (χ3v) is 9.74. The number of carbonyl (C=O) groups is 1. The highest BCUT2D eigenvalue weighted by atomic mass is 32.2. The second kappa shape index (κ2) is 9.25. The first kappa shape index (κ1) is 25.7. The SMILES string of the molecule is CC(=O)N1CCC(c2ncnc3c2c2ccc(S(=O)(=O)NC4(C#N)CC4)cc2n3-c2nnc(C(F)F)s2)CC1. The summed E-state index contributed by atoms with van der Waals surface area (Å²) in [5.74, 6) is 0.0161. The molecule has 0 unspecified atom stereocenters. The largest absolute Gasteiger partial charge is 0.343 e. The normalized spacial score (nSPS) is 17.7. The van der Waals surface area contributed by atoms with Crippen LogP contribution in [-0.2, 0) is 14.8 Å². The van der Waals surface area contributed by atoms with Gasteiger partial charge in [0.2, 0.25) is 21.1 Å². The molecule has 2 fully saturated rings. The van der Waals surface area contributed by atoms with Crippen LogP contribution in [0.3, 0.4) is 0 Å². The van der Waals surface area contributed by atoms with E-state index in [1.54, 1.807) is 11.0 Å². The minimum absolute atomic E-state index is 0.00613. The van der Waals surface area contributed by atoms with Crippen LogP contribution < -0.4 is 4.72 Å². The van der Waals surface area contributed by atoms with Gasteiger partial charge in [0.15, 0.2) is 10.7 Å². The van der Waals surface area contributed by atoms with Crippen molar-refractivity contribution in [2.24, 2.45) is 0 Å². The summed E-state index contributed by atoms with van der Waals surface area (Å²) in [6, 6.07) is 6.53. The Morgan fingerprint density at radius 3 is 2.59 bits per heavy atom. The number of nitrogens with one attached hydrogen (secondary N) is 1. The smallest absolute Gasteiger partial charge is 0.291 e. The van der Waals surface area contributed by atoms with Crippen molar-refractivity contribution < 1.29 is 22.0 Å². The minimum Gasteiger partial charge on any atom is -0.343 e. The van der Waals surface area contributed by atoms with Crippen molar-refractivity contribution in [1.29, 1.82) is 5.26 Å². The molecule has 4 aromatic rings. The van der Waals surface area contributed by atoms with Crippen molar-refractivity contribution in [2.75, 3.05) is 13.1 Å². The average molecular weight is 573 g/mol. The number of halogens is 2. The summed E-state index contributed by atoms with van der Waals surface area (Å²) >= 11 is 0.688. The summed E-state index contributed by atoms with van der Waals surface area (Å²) in [7, 11) is -4.06. The number of hydrogen-bond donors (Lipinski definition) is 1. The Kier molecular flexibility index (Phi) is 6.08. The summed E-state index contributed by atoms with van der Waals surface area (Å²) in [5, 5.41) is 17.9. The molecule has 2 aliphatic rings. The Bertz CT molecular complexity index is 1770. The van der Waals surface area contributed by atoms with Crippen LogP contribution in [0.25, 0.3) is 27.1 Å². The molecule has 4 heterocycles. The highest BCUT2D eigenvalue weighted by Crippen LogP contribution is 2.40. The summed E-state index contributed by atoms with van der Waals surface area (Å²) in [4.78, 5) is 22.6. The molecule has 1 amide bonds. The fraction of sp³-hybridized carbons (Fsp3) is 0.417. The number of alkyl halides is 2. The van der Waals surface area contributed by atoms with E-state index in [2.05, 4.69) is 24.9 Å².